The van der Waals surface area contributed by atoms with Gasteiger partial charge in [0, 0.05) is 19.7 Å². The van der Waals surface area contributed by atoms with Crippen LogP contribution in [0.3, 0.4) is 0 Å². The zero-order valence-corrected chi connectivity index (χ0v) is 10.7. The van der Waals surface area contributed by atoms with Crippen molar-refractivity contribution in [3.63, 3.8) is 0 Å². The minimum atomic E-state index is -0.108. The third kappa shape index (κ3) is 5.63. The largest absolute Gasteiger partial charge is 0.434 e. The molecule has 0 bridgehead atoms. The lowest BCUT2D eigenvalue weighted by atomic mass is 9.83. The van der Waals surface area contributed by atoms with Crippen LogP contribution in [0.4, 0.5) is 0 Å². The van der Waals surface area contributed by atoms with Crippen molar-refractivity contribution in [1.29, 1.82) is 0 Å². The predicted octanol–water partition coefficient (Wildman–Crippen LogP) is 0.221. The Kier molecular flexibility index (Phi) is 7.43. The zero-order chi connectivity index (χ0) is 12.5. The van der Waals surface area contributed by atoms with Gasteiger partial charge in [0.2, 0.25) is 0 Å². The van der Waals surface area contributed by atoms with Crippen LogP contribution in [0.5, 0.6) is 0 Å². The van der Waals surface area contributed by atoms with E-state index in [0.29, 0.717) is 6.04 Å². The maximum absolute atomic E-state index is 11.5. The van der Waals surface area contributed by atoms with E-state index in [1.54, 1.807) is 0 Å². The number of carbonyl (C=O) groups excluding carboxylic acids is 1. The van der Waals surface area contributed by atoms with Crippen LogP contribution >= 0.6 is 0 Å². The second-order valence-corrected chi connectivity index (χ2v) is 4.31. The third-order valence-electron chi connectivity index (χ3n) is 2.84. The van der Waals surface area contributed by atoms with E-state index in [4.69, 9.17) is 9.49 Å². The molecule has 0 unspecified atom stereocenters. The van der Waals surface area contributed by atoms with E-state index in [1.807, 2.05) is 0 Å². The maximum Gasteiger partial charge on any atom is 0.378 e. The summed E-state index contributed by atoms with van der Waals surface area (Å²) in [6.45, 7) is 3.63. The second kappa shape index (κ2) is 8.63. The van der Waals surface area contributed by atoms with Crippen LogP contribution in [0.25, 0.3) is 0 Å². The Morgan fingerprint density at radius 2 is 2.35 bits per heavy atom. The SMILES string of the molecule is CCCCON[C@@H]1CC[C@@H](C(=O)[B]OC)NC1. The highest BCUT2D eigenvalue weighted by atomic mass is 16.6. The van der Waals surface area contributed by atoms with Crippen LogP contribution in [0.15, 0.2) is 0 Å². The van der Waals surface area contributed by atoms with E-state index >= 15 is 0 Å². The molecule has 1 radical (unpaired) electrons. The van der Waals surface area contributed by atoms with E-state index in [0.717, 1.165) is 38.8 Å². The lowest BCUT2D eigenvalue weighted by molar-refractivity contribution is -0.115. The molecule has 1 rings (SSSR count). The smallest absolute Gasteiger partial charge is 0.378 e. The molecule has 5 nitrogen and oxygen atoms in total. The van der Waals surface area contributed by atoms with Crippen LogP contribution in [-0.4, -0.2) is 45.5 Å². The first kappa shape index (κ1) is 14.6. The van der Waals surface area contributed by atoms with Crippen molar-refractivity contribution in [2.75, 3.05) is 20.3 Å². The Labute approximate surface area is 104 Å². The molecule has 1 saturated heterocycles. The van der Waals surface area contributed by atoms with Crippen LogP contribution in [0.2, 0.25) is 0 Å². The molecule has 0 aromatic rings. The standard InChI is InChI=1S/C11H22BN2O3/c1-3-4-7-17-14-9-5-6-10(13-8-9)11(15)12-16-2/h9-10,13-14H,3-8H2,1-2H3/t9-,10+/m1/s1. The maximum atomic E-state index is 11.5. The first-order chi connectivity index (χ1) is 8.27. The molecular weight excluding hydrogens is 219 g/mol. The zero-order valence-electron chi connectivity index (χ0n) is 10.7. The Bertz CT molecular complexity index is 221. The van der Waals surface area contributed by atoms with E-state index in [9.17, 15) is 4.79 Å². The Hall–Kier alpha value is -0.425. The van der Waals surface area contributed by atoms with E-state index in [2.05, 4.69) is 17.7 Å². The number of hydrogen-bond acceptors (Lipinski definition) is 5. The van der Waals surface area contributed by atoms with Gasteiger partial charge in [0.1, 0.15) is 5.68 Å². The summed E-state index contributed by atoms with van der Waals surface area (Å²) < 4.78 is 4.72. The average Bonchev–Trinajstić information content (AvgIpc) is 2.36. The first-order valence-corrected chi connectivity index (χ1v) is 6.28. The van der Waals surface area contributed by atoms with Gasteiger partial charge in [0.05, 0.1) is 12.6 Å². The molecule has 2 N–H and O–H groups in total. The Balaban J connectivity index is 2.11. The summed E-state index contributed by atoms with van der Waals surface area (Å²) in [7, 11) is 2.76. The minimum Gasteiger partial charge on any atom is -0.434 e. The molecule has 0 amide bonds. The van der Waals surface area contributed by atoms with Crippen molar-refractivity contribution in [1.82, 2.24) is 10.8 Å². The molecule has 17 heavy (non-hydrogen) atoms. The highest BCUT2D eigenvalue weighted by Gasteiger charge is 2.26. The average molecular weight is 241 g/mol. The van der Waals surface area contributed by atoms with Gasteiger partial charge in [0.15, 0.2) is 0 Å². The van der Waals surface area contributed by atoms with Gasteiger partial charge in [-0.1, -0.05) is 13.3 Å². The molecule has 2 atom stereocenters. The summed E-state index contributed by atoms with van der Waals surface area (Å²) in [6, 6.07) is 0.182. The molecule has 6 heteroatoms. The van der Waals surface area contributed by atoms with Crippen molar-refractivity contribution in [3.8, 4) is 0 Å². The Morgan fingerprint density at radius 3 is 2.94 bits per heavy atom. The van der Waals surface area contributed by atoms with Crippen molar-refractivity contribution < 1.29 is 14.3 Å². The fraction of sp³-hybridized carbons (Fsp3) is 0.909. The second-order valence-electron chi connectivity index (χ2n) is 4.31. The van der Waals surface area contributed by atoms with Crippen LogP contribution in [0, 0.1) is 0 Å². The van der Waals surface area contributed by atoms with Crippen LogP contribution in [0.1, 0.15) is 32.6 Å². The first-order valence-electron chi connectivity index (χ1n) is 6.28. The summed E-state index contributed by atoms with van der Waals surface area (Å²) in [5.74, 6) is 0. The summed E-state index contributed by atoms with van der Waals surface area (Å²) in [5, 5.41) is 3.19. The number of carbonyl (C=O) groups is 1. The van der Waals surface area contributed by atoms with Crippen LogP contribution in [-0.2, 0) is 14.3 Å². The molecule has 0 saturated carbocycles. The van der Waals surface area contributed by atoms with Gasteiger partial charge in [-0.05, 0) is 19.3 Å². The van der Waals surface area contributed by atoms with Crippen molar-refractivity contribution >= 4 is 13.2 Å². The molecule has 0 spiro atoms. The molecule has 1 aliphatic heterocycles. The van der Waals surface area contributed by atoms with Gasteiger partial charge in [-0.15, -0.1) is 0 Å². The normalized spacial score (nSPS) is 24.6. The lowest BCUT2D eigenvalue weighted by Crippen LogP contribution is -2.51. The number of nitrogens with one attached hydrogen (secondary N) is 2. The van der Waals surface area contributed by atoms with E-state index < -0.39 is 0 Å². The number of hydrogen-bond donors (Lipinski definition) is 2. The van der Waals surface area contributed by atoms with Crippen LogP contribution < -0.4 is 10.8 Å². The third-order valence-corrected chi connectivity index (χ3v) is 2.84. The number of unbranched alkanes of at least 4 members (excludes halogenated alkanes) is 1. The van der Waals surface area contributed by atoms with Gasteiger partial charge >= 0.3 is 7.48 Å². The molecule has 97 valence electrons. The molecule has 1 fully saturated rings. The van der Waals surface area contributed by atoms with Gasteiger partial charge < -0.3 is 19.6 Å². The fourth-order valence-corrected chi connectivity index (χ4v) is 1.79. The minimum absolute atomic E-state index is 0.0119. The number of piperidine rings is 1. The van der Waals surface area contributed by atoms with Crippen molar-refractivity contribution in [3.05, 3.63) is 0 Å². The highest BCUT2D eigenvalue weighted by Crippen LogP contribution is 2.09. The molecule has 1 aliphatic rings. The van der Waals surface area contributed by atoms with Gasteiger partial charge in [-0.3, -0.25) is 0 Å². The van der Waals surface area contributed by atoms with Gasteiger partial charge in [-0.25, -0.2) is 0 Å². The van der Waals surface area contributed by atoms with E-state index in [-0.39, 0.29) is 11.7 Å². The van der Waals surface area contributed by atoms with Gasteiger partial charge in [-0.2, -0.15) is 5.48 Å². The van der Waals surface area contributed by atoms with Crippen molar-refractivity contribution in [2.45, 2.75) is 44.7 Å². The van der Waals surface area contributed by atoms with Gasteiger partial charge in [0.25, 0.3) is 0 Å². The summed E-state index contributed by atoms with van der Waals surface area (Å²) >= 11 is 0. The fourth-order valence-electron chi connectivity index (χ4n) is 1.79. The predicted molar refractivity (Wildman–Crippen MR) is 66.6 cm³/mol. The molecule has 0 aromatic heterocycles. The molecule has 0 aromatic carbocycles. The monoisotopic (exact) mass is 241 g/mol. The molecule has 0 aliphatic carbocycles. The molecular formula is C11H22BN2O3. The lowest BCUT2D eigenvalue weighted by Gasteiger charge is -2.29. The quantitative estimate of drug-likeness (QED) is 0.361. The summed E-state index contributed by atoms with van der Waals surface area (Å²) in [6.07, 6.45) is 3.95. The topological polar surface area (TPSA) is 59.6 Å². The Morgan fingerprint density at radius 1 is 1.53 bits per heavy atom. The highest BCUT2D eigenvalue weighted by molar-refractivity contribution is 6.70. The van der Waals surface area contributed by atoms with E-state index in [1.165, 1.54) is 14.6 Å². The summed E-state index contributed by atoms with van der Waals surface area (Å²) in [5.41, 5.74) is 3.04. The molecule has 1 heterocycles. The summed E-state index contributed by atoms with van der Waals surface area (Å²) in [4.78, 5) is 16.9. The number of hydroxylamine groups is 1. The number of rotatable bonds is 8. The van der Waals surface area contributed by atoms with Crippen molar-refractivity contribution in [2.24, 2.45) is 0 Å².